The van der Waals surface area contributed by atoms with Crippen LogP contribution >= 0.6 is 0 Å². The fourth-order valence-electron chi connectivity index (χ4n) is 6.68. The number of benzene rings is 3. The van der Waals surface area contributed by atoms with Gasteiger partial charge in [0.15, 0.2) is 0 Å². The van der Waals surface area contributed by atoms with Gasteiger partial charge in [-0.3, -0.25) is 0 Å². The highest BCUT2D eigenvalue weighted by atomic mass is 32.2. The average Bonchev–Trinajstić information content (AvgIpc) is 3.16. The van der Waals surface area contributed by atoms with Crippen molar-refractivity contribution in [3.63, 3.8) is 0 Å². The molecule has 0 unspecified atom stereocenters. The van der Waals surface area contributed by atoms with E-state index in [0.29, 0.717) is 24.0 Å². The Bertz CT molecular complexity index is 1740. The molecule has 0 aliphatic heterocycles. The summed E-state index contributed by atoms with van der Waals surface area (Å²) in [5, 5.41) is 20.0. The Hall–Kier alpha value is -3.54. The van der Waals surface area contributed by atoms with Crippen molar-refractivity contribution in [2.45, 2.75) is 153 Å². The zero-order valence-corrected chi connectivity index (χ0v) is 34.8. The fourth-order valence-corrected chi connectivity index (χ4v) is 9.59. The minimum absolute atomic E-state index is 0.0569. The first-order valence-electron chi connectivity index (χ1n) is 20.1. The highest BCUT2D eigenvalue weighted by molar-refractivity contribution is 7.89. The topological polar surface area (TPSA) is 122 Å². The van der Waals surface area contributed by atoms with Gasteiger partial charge in [0.25, 0.3) is 0 Å². The van der Waals surface area contributed by atoms with E-state index in [0.717, 1.165) is 49.7 Å². The van der Waals surface area contributed by atoms with Gasteiger partial charge in [-0.25, -0.2) is 16.8 Å². The Morgan fingerprint density at radius 2 is 0.778 bits per heavy atom. The van der Waals surface area contributed by atoms with Gasteiger partial charge in [0.1, 0.15) is 12.1 Å². The van der Waals surface area contributed by atoms with Gasteiger partial charge in [-0.1, -0.05) is 139 Å². The third-order valence-electron chi connectivity index (χ3n) is 10.1. The van der Waals surface area contributed by atoms with Crippen molar-refractivity contribution in [3.05, 3.63) is 94.0 Å². The van der Waals surface area contributed by atoms with Gasteiger partial charge in [-0.05, 0) is 74.2 Å². The Morgan fingerprint density at radius 3 is 1.07 bits per heavy atom. The molecule has 54 heavy (non-hydrogen) atoms. The number of aryl methyl sites for hydroxylation is 2. The predicted molar refractivity (Wildman–Crippen MR) is 219 cm³/mol. The van der Waals surface area contributed by atoms with Gasteiger partial charge in [0, 0.05) is 26.2 Å². The standard InChI is InChI=1S/C44H62N4O4S2/c1-5-7-9-11-13-15-17-19-29-47(53(49,50)43-25-21-37(3)22-26-43)35-41-31-39(33-45)40(34-46)32-42(41)36-48(30-20-18-16-14-12-10-8-6-2)54(51,52)44-27-23-38(4)24-28-44/h21-28,31-32H,5-20,29-30,35-36H2,1-4H3. The van der Waals surface area contributed by atoms with E-state index in [1.54, 1.807) is 60.7 Å². The van der Waals surface area contributed by atoms with E-state index in [1.807, 2.05) is 13.8 Å². The summed E-state index contributed by atoms with van der Waals surface area (Å²) in [4.78, 5) is 0.364. The summed E-state index contributed by atoms with van der Waals surface area (Å²) in [5.41, 5.74) is 3.19. The molecule has 3 aromatic rings. The van der Waals surface area contributed by atoms with Gasteiger partial charge in [-0.2, -0.15) is 19.1 Å². The molecule has 0 N–H and O–H groups in total. The van der Waals surface area contributed by atoms with E-state index < -0.39 is 20.0 Å². The molecule has 0 aliphatic rings. The second kappa shape index (κ2) is 23.4. The molecule has 8 nitrogen and oxygen atoms in total. The van der Waals surface area contributed by atoms with Gasteiger partial charge in [0.05, 0.1) is 20.9 Å². The third kappa shape index (κ3) is 13.9. The van der Waals surface area contributed by atoms with E-state index in [9.17, 15) is 27.4 Å². The number of hydrogen-bond acceptors (Lipinski definition) is 6. The Labute approximate surface area is 327 Å². The lowest BCUT2D eigenvalue weighted by Crippen LogP contribution is -2.34. The first-order chi connectivity index (χ1) is 26.0. The van der Waals surface area contributed by atoms with Crippen molar-refractivity contribution in [2.75, 3.05) is 13.1 Å². The molecule has 0 aromatic heterocycles. The number of unbranched alkanes of at least 4 members (excludes halogenated alkanes) is 14. The quantitative estimate of drug-likeness (QED) is 0.0748. The van der Waals surface area contributed by atoms with Crippen molar-refractivity contribution >= 4 is 20.0 Å². The van der Waals surface area contributed by atoms with Crippen LogP contribution in [0.1, 0.15) is 150 Å². The number of nitrogens with zero attached hydrogens (tertiary/aromatic N) is 4. The van der Waals surface area contributed by atoms with Crippen molar-refractivity contribution in [1.82, 2.24) is 8.61 Å². The van der Waals surface area contributed by atoms with E-state index in [1.165, 1.54) is 60.0 Å². The molecule has 0 fully saturated rings. The molecular weight excluding hydrogens is 713 g/mol. The zero-order valence-electron chi connectivity index (χ0n) is 33.2. The van der Waals surface area contributed by atoms with Gasteiger partial charge >= 0.3 is 0 Å². The van der Waals surface area contributed by atoms with E-state index in [-0.39, 0.29) is 47.1 Å². The second-order valence-corrected chi connectivity index (χ2v) is 18.5. The van der Waals surface area contributed by atoms with E-state index in [4.69, 9.17) is 0 Å². The fraction of sp³-hybridized carbons (Fsp3) is 0.545. The Kier molecular flexibility index (Phi) is 19.4. The average molecular weight is 775 g/mol. The van der Waals surface area contributed by atoms with Crippen LogP contribution in [0.2, 0.25) is 0 Å². The summed E-state index contributed by atoms with van der Waals surface area (Å²) in [6.45, 7) is 8.64. The zero-order chi connectivity index (χ0) is 39.4. The second-order valence-electron chi connectivity index (χ2n) is 14.6. The minimum Gasteiger partial charge on any atom is -0.207 e. The highest BCUT2D eigenvalue weighted by Gasteiger charge is 2.29. The third-order valence-corrected chi connectivity index (χ3v) is 13.8. The molecule has 0 amide bonds. The summed E-state index contributed by atoms with van der Waals surface area (Å²) >= 11 is 0. The summed E-state index contributed by atoms with van der Waals surface area (Å²) in [5.74, 6) is 0. The summed E-state index contributed by atoms with van der Waals surface area (Å²) in [7, 11) is -7.90. The molecule has 0 aliphatic carbocycles. The largest absolute Gasteiger partial charge is 0.243 e. The maximum atomic E-state index is 14.3. The molecule has 0 heterocycles. The lowest BCUT2D eigenvalue weighted by Gasteiger charge is -2.27. The van der Waals surface area contributed by atoms with Crippen molar-refractivity contribution in [3.8, 4) is 12.1 Å². The van der Waals surface area contributed by atoms with Crippen molar-refractivity contribution < 1.29 is 16.8 Å². The summed E-state index contributed by atoms with van der Waals surface area (Å²) in [6, 6.07) is 20.9. The van der Waals surface area contributed by atoms with Crippen LogP contribution in [0, 0.1) is 36.5 Å². The van der Waals surface area contributed by atoms with Gasteiger partial charge < -0.3 is 0 Å². The molecule has 10 heteroatoms. The van der Waals surface area contributed by atoms with E-state index in [2.05, 4.69) is 26.0 Å². The summed E-state index contributed by atoms with van der Waals surface area (Å²) in [6.07, 6.45) is 17.0. The first-order valence-corrected chi connectivity index (χ1v) is 23.0. The molecule has 0 spiro atoms. The summed E-state index contributed by atoms with van der Waals surface area (Å²) < 4.78 is 59.9. The van der Waals surface area contributed by atoms with Crippen LogP contribution in [0.3, 0.4) is 0 Å². The van der Waals surface area contributed by atoms with Crippen LogP contribution in [0.25, 0.3) is 0 Å². The molecule has 0 bridgehead atoms. The Balaban J connectivity index is 1.99. The van der Waals surface area contributed by atoms with Crippen LogP contribution in [0.15, 0.2) is 70.5 Å². The molecule has 0 saturated heterocycles. The number of sulfonamides is 2. The van der Waals surface area contributed by atoms with E-state index >= 15 is 0 Å². The molecule has 294 valence electrons. The maximum Gasteiger partial charge on any atom is 0.243 e. The maximum absolute atomic E-state index is 14.3. The molecule has 0 radical (unpaired) electrons. The normalized spacial score (nSPS) is 11.9. The van der Waals surface area contributed by atoms with Crippen molar-refractivity contribution in [2.24, 2.45) is 0 Å². The van der Waals surface area contributed by atoms with Crippen LogP contribution in [0.5, 0.6) is 0 Å². The lowest BCUT2D eigenvalue weighted by molar-refractivity contribution is 0.376. The monoisotopic (exact) mass is 774 g/mol. The van der Waals surface area contributed by atoms with Crippen LogP contribution in [-0.4, -0.2) is 38.5 Å². The number of rotatable bonds is 26. The van der Waals surface area contributed by atoms with Crippen LogP contribution in [-0.2, 0) is 33.1 Å². The Morgan fingerprint density at radius 1 is 0.481 bits per heavy atom. The molecular formula is C44H62N4O4S2. The molecule has 3 aromatic carbocycles. The molecule has 3 rings (SSSR count). The molecule has 0 saturated carbocycles. The minimum atomic E-state index is -3.95. The molecule has 0 atom stereocenters. The van der Waals surface area contributed by atoms with Crippen molar-refractivity contribution in [1.29, 1.82) is 10.5 Å². The smallest absolute Gasteiger partial charge is 0.207 e. The van der Waals surface area contributed by atoms with Crippen LogP contribution < -0.4 is 0 Å². The number of nitriles is 2. The van der Waals surface area contributed by atoms with Gasteiger partial charge in [-0.15, -0.1) is 0 Å². The number of hydrogen-bond donors (Lipinski definition) is 0. The lowest BCUT2D eigenvalue weighted by atomic mass is 9.99. The van der Waals surface area contributed by atoms with Gasteiger partial charge in [0.2, 0.25) is 20.0 Å². The van der Waals surface area contributed by atoms with Crippen LogP contribution in [0.4, 0.5) is 0 Å². The predicted octanol–water partition coefficient (Wildman–Crippen LogP) is 10.7. The first kappa shape index (κ1) is 44.9. The highest BCUT2D eigenvalue weighted by Crippen LogP contribution is 2.28. The SMILES string of the molecule is CCCCCCCCCCN(Cc1cc(C#N)c(C#N)cc1CN(CCCCCCCCCC)S(=O)(=O)c1ccc(C)cc1)S(=O)(=O)c1ccc(C)cc1.